The normalized spacial score (nSPS) is 10.1. The number of nitrogens with two attached hydrogens (primary N) is 1. The topological polar surface area (TPSA) is 93.4 Å². The van der Waals surface area contributed by atoms with Crippen LogP contribution in [0, 0.1) is 0 Å². The van der Waals surface area contributed by atoms with Gasteiger partial charge in [0, 0.05) is 18.7 Å². The molecular weight excluding hydrogens is 258 g/mol. The van der Waals surface area contributed by atoms with E-state index in [1.54, 1.807) is 0 Å². The van der Waals surface area contributed by atoms with Gasteiger partial charge in [-0.2, -0.15) is 0 Å². The monoisotopic (exact) mass is 279 g/mol. The van der Waals surface area contributed by atoms with Crippen molar-refractivity contribution in [1.82, 2.24) is 5.32 Å². The summed E-state index contributed by atoms with van der Waals surface area (Å²) in [5.74, 6) is 4.98. The zero-order valence-corrected chi connectivity index (χ0v) is 11.4. The van der Waals surface area contributed by atoms with Crippen LogP contribution in [0.2, 0.25) is 0 Å². The Bertz CT molecular complexity index is 407. The van der Waals surface area contributed by atoms with Gasteiger partial charge in [-0.1, -0.05) is 18.6 Å². The summed E-state index contributed by atoms with van der Waals surface area (Å²) < 4.78 is 0. The first-order valence-corrected chi connectivity index (χ1v) is 6.63. The van der Waals surface area contributed by atoms with Crippen molar-refractivity contribution in [2.24, 2.45) is 5.90 Å². The van der Waals surface area contributed by atoms with Gasteiger partial charge in [0.1, 0.15) is 0 Å². The molecule has 0 bridgehead atoms. The predicted molar refractivity (Wildman–Crippen MR) is 76.6 cm³/mol. The molecule has 0 aliphatic heterocycles. The van der Waals surface area contributed by atoms with Crippen LogP contribution in [0.3, 0.4) is 0 Å². The highest BCUT2D eigenvalue weighted by atomic mass is 16.6. The molecule has 0 saturated carbocycles. The molecule has 0 unspecified atom stereocenters. The Morgan fingerprint density at radius 1 is 1.20 bits per heavy atom. The van der Waals surface area contributed by atoms with E-state index in [-0.39, 0.29) is 5.91 Å². The first-order chi connectivity index (χ1) is 9.76. The molecule has 6 heteroatoms. The van der Waals surface area contributed by atoms with E-state index in [1.165, 1.54) is 0 Å². The molecule has 1 aromatic carbocycles. The number of benzene rings is 1. The molecule has 2 amide bonds. The van der Waals surface area contributed by atoms with Crippen LogP contribution in [0.25, 0.3) is 0 Å². The average molecular weight is 279 g/mol. The van der Waals surface area contributed by atoms with Crippen LogP contribution in [-0.4, -0.2) is 18.9 Å². The average Bonchev–Trinajstić information content (AvgIpc) is 2.45. The maximum absolute atomic E-state index is 11.7. The number of nitrogens with one attached hydrogen (secondary N) is 2. The van der Waals surface area contributed by atoms with E-state index in [9.17, 15) is 9.59 Å². The highest BCUT2D eigenvalue weighted by molar-refractivity contribution is 5.90. The Balaban J connectivity index is 2.19. The fourth-order valence-corrected chi connectivity index (χ4v) is 1.75. The van der Waals surface area contributed by atoms with Crippen LogP contribution in [0.4, 0.5) is 5.69 Å². The minimum absolute atomic E-state index is 0.00354. The van der Waals surface area contributed by atoms with Gasteiger partial charge in [-0.15, -0.1) is 0 Å². The summed E-state index contributed by atoms with van der Waals surface area (Å²) in [5.41, 5.74) is 1.71. The number of rotatable bonds is 10. The third-order valence-electron chi connectivity index (χ3n) is 2.80. The van der Waals surface area contributed by atoms with Crippen LogP contribution in [0.1, 0.15) is 31.2 Å². The van der Waals surface area contributed by atoms with E-state index in [0.29, 0.717) is 26.0 Å². The fourth-order valence-electron chi connectivity index (χ4n) is 1.75. The van der Waals surface area contributed by atoms with Crippen molar-refractivity contribution < 1.29 is 14.4 Å². The van der Waals surface area contributed by atoms with Gasteiger partial charge in [-0.05, 0) is 30.5 Å². The lowest BCUT2D eigenvalue weighted by Crippen LogP contribution is -2.13. The number of hydrogen-bond donors (Lipinski definition) is 3. The molecule has 20 heavy (non-hydrogen) atoms. The zero-order valence-electron chi connectivity index (χ0n) is 11.4. The Hall–Kier alpha value is -1.92. The van der Waals surface area contributed by atoms with Crippen LogP contribution in [0.5, 0.6) is 0 Å². The first kappa shape index (κ1) is 16.1. The lowest BCUT2D eigenvalue weighted by Gasteiger charge is -2.06. The largest absolute Gasteiger partial charge is 0.359 e. The second-order valence-electron chi connectivity index (χ2n) is 4.44. The molecule has 0 spiro atoms. The molecule has 0 atom stereocenters. The Morgan fingerprint density at radius 3 is 2.60 bits per heavy atom. The van der Waals surface area contributed by atoms with Gasteiger partial charge in [-0.25, -0.2) is 5.90 Å². The van der Waals surface area contributed by atoms with Crippen LogP contribution < -0.4 is 16.5 Å². The molecule has 0 saturated heterocycles. The number of anilines is 1. The molecule has 110 valence electrons. The molecule has 0 heterocycles. The SMILES string of the molecule is NOCc1ccc(NC(=O)CCCCCNC=O)cc1. The molecule has 1 aromatic rings. The van der Waals surface area contributed by atoms with E-state index in [0.717, 1.165) is 30.5 Å². The van der Waals surface area contributed by atoms with Crippen molar-refractivity contribution in [2.75, 3.05) is 11.9 Å². The summed E-state index contributed by atoms with van der Waals surface area (Å²) in [6.07, 6.45) is 3.78. The predicted octanol–water partition coefficient (Wildman–Crippen LogP) is 1.32. The molecule has 4 N–H and O–H groups in total. The van der Waals surface area contributed by atoms with E-state index in [2.05, 4.69) is 15.5 Å². The summed E-state index contributed by atoms with van der Waals surface area (Å²) in [6, 6.07) is 7.35. The summed E-state index contributed by atoms with van der Waals surface area (Å²) in [6.45, 7) is 1.01. The third-order valence-corrected chi connectivity index (χ3v) is 2.80. The summed E-state index contributed by atoms with van der Waals surface area (Å²) >= 11 is 0. The van der Waals surface area contributed by atoms with Crippen molar-refractivity contribution in [3.8, 4) is 0 Å². The molecule has 0 fully saturated rings. The van der Waals surface area contributed by atoms with Crippen molar-refractivity contribution in [1.29, 1.82) is 0 Å². The van der Waals surface area contributed by atoms with E-state index in [1.807, 2.05) is 24.3 Å². The van der Waals surface area contributed by atoms with Crippen molar-refractivity contribution in [2.45, 2.75) is 32.3 Å². The molecule has 6 nitrogen and oxygen atoms in total. The van der Waals surface area contributed by atoms with Gasteiger partial charge in [-0.3, -0.25) is 14.4 Å². The third kappa shape index (κ3) is 6.86. The van der Waals surface area contributed by atoms with Gasteiger partial charge in [0.25, 0.3) is 0 Å². The van der Waals surface area contributed by atoms with Crippen LogP contribution in [-0.2, 0) is 21.0 Å². The van der Waals surface area contributed by atoms with Gasteiger partial charge >= 0.3 is 0 Å². The lowest BCUT2D eigenvalue weighted by atomic mass is 10.1. The number of amides is 2. The van der Waals surface area contributed by atoms with E-state index >= 15 is 0 Å². The standard InChI is InChI=1S/C14H21N3O3/c15-20-10-12-5-7-13(8-6-12)17-14(19)4-2-1-3-9-16-11-18/h5-8,11H,1-4,9-10,15H2,(H,16,18)(H,17,19). The quantitative estimate of drug-likeness (QED) is 0.342. The van der Waals surface area contributed by atoms with Crippen molar-refractivity contribution in [3.63, 3.8) is 0 Å². The van der Waals surface area contributed by atoms with Gasteiger partial charge in [0.05, 0.1) is 6.61 Å². The van der Waals surface area contributed by atoms with Crippen molar-refractivity contribution in [3.05, 3.63) is 29.8 Å². The Labute approximate surface area is 118 Å². The zero-order chi connectivity index (χ0) is 14.6. The number of unbranched alkanes of at least 4 members (excludes halogenated alkanes) is 2. The minimum Gasteiger partial charge on any atom is -0.359 e. The first-order valence-electron chi connectivity index (χ1n) is 6.63. The molecule has 0 radical (unpaired) electrons. The highest BCUT2D eigenvalue weighted by Crippen LogP contribution is 2.11. The number of carbonyl (C=O) groups excluding carboxylic acids is 2. The smallest absolute Gasteiger partial charge is 0.224 e. The minimum atomic E-state index is -0.00354. The summed E-state index contributed by atoms with van der Waals surface area (Å²) in [7, 11) is 0. The number of hydrogen-bond acceptors (Lipinski definition) is 4. The maximum Gasteiger partial charge on any atom is 0.224 e. The van der Waals surface area contributed by atoms with Crippen molar-refractivity contribution >= 4 is 18.0 Å². The molecule has 1 rings (SSSR count). The second-order valence-corrected chi connectivity index (χ2v) is 4.44. The van der Waals surface area contributed by atoms with Gasteiger partial charge < -0.3 is 10.6 Å². The van der Waals surface area contributed by atoms with Gasteiger partial charge in [0.15, 0.2) is 0 Å². The summed E-state index contributed by atoms with van der Waals surface area (Å²) in [4.78, 5) is 26.2. The van der Waals surface area contributed by atoms with E-state index in [4.69, 9.17) is 5.90 Å². The Morgan fingerprint density at radius 2 is 1.95 bits per heavy atom. The van der Waals surface area contributed by atoms with Crippen LogP contribution in [0.15, 0.2) is 24.3 Å². The molecule has 0 aliphatic rings. The van der Waals surface area contributed by atoms with E-state index < -0.39 is 0 Å². The fraction of sp³-hybridized carbons (Fsp3) is 0.429. The van der Waals surface area contributed by atoms with Crippen LogP contribution >= 0.6 is 0 Å². The number of carbonyl (C=O) groups is 2. The second kappa shape index (κ2) is 9.94. The Kier molecular flexibility index (Phi) is 8.02. The molecule has 0 aliphatic carbocycles. The lowest BCUT2D eigenvalue weighted by molar-refractivity contribution is -0.116. The highest BCUT2D eigenvalue weighted by Gasteiger charge is 2.02. The summed E-state index contributed by atoms with van der Waals surface area (Å²) in [5, 5.41) is 5.42. The maximum atomic E-state index is 11.7. The molecule has 0 aromatic heterocycles. The van der Waals surface area contributed by atoms with Gasteiger partial charge in [0.2, 0.25) is 12.3 Å². The molecular formula is C14H21N3O3.